The average Bonchev–Trinajstić information content (AvgIpc) is 3.04. The molecule has 3 rings (SSSR count). The molecular formula is C16H11Cl2N3O2. The third kappa shape index (κ3) is 3.70. The highest BCUT2D eigenvalue weighted by Gasteiger charge is 2.16. The Bertz CT molecular complexity index is 831. The number of benzene rings is 2. The largest absolute Gasteiger partial charge is 0.412 e. The molecule has 116 valence electrons. The van der Waals surface area contributed by atoms with Crippen molar-refractivity contribution < 1.29 is 9.21 Å². The minimum absolute atomic E-state index is 0.117. The highest BCUT2D eigenvalue weighted by atomic mass is 35.5. The predicted octanol–water partition coefficient (Wildman–Crippen LogP) is 3.97. The third-order valence-corrected chi connectivity index (χ3v) is 3.67. The Morgan fingerprint density at radius 3 is 2.52 bits per heavy atom. The highest BCUT2D eigenvalue weighted by Crippen LogP contribution is 2.26. The first-order valence-electron chi connectivity index (χ1n) is 6.74. The van der Waals surface area contributed by atoms with Crippen LogP contribution in [0.25, 0.3) is 11.5 Å². The van der Waals surface area contributed by atoms with E-state index in [1.807, 2.05) is 12.1 Å². The van der Waals surface area contributed by atoms with Crippen molar-refractivity contribution in [3.8, 4) is 11.5 Å². The lowest BCUT2D eigenvalue weighted by atomic mass is 10.2. The number of carbonyl (C=O) groups is 1. The molecule has 1 amide bonds. The van der Waals surface area contributed by atoms with Crippen LogP contribution < -0.4 is 5.32 Å². The van der Waals surface area contributed by atoms with Crippen LogP contribution >= 0.6 is 23.2 Å². The first kappa shape index (κ1) is 15.5. The number of hydrogen-bond acceptors (Lipinski definition) is 4. The van der Waals surface area contributed by atoms with E-state index in [1.54, 1.807) is 36.4 Å². The first-order chi connectivity index (χ1) is 11.1. The molecule has 0 bridgehead atoms. The molecule has 3 aromatic rings. The second-order valence-electron chi connectivity index (χ2n) is 4.70. The van der Waals surface area contributed by atoms with E-state index < -0.39 is 5.91 Å². The van der Waals surface area contributed by atoms with E-state index in [0.717, 1.165) is 5.56 Å². The lowest BCUT2D eigenvalue weighted by Gasteiger charge is -2.02. The number of hydrogen-bond donors (Lipinski definition) is 1. The molecule has 0 saturated carbocycles. The molecule has 0 fully saturated rings. The summed E-state index contributed by atoms with van der Waals surface area (Å²) in [7, 11) is 0. The van der Waals surface area contributed by atoms with E-state index in [-0.39, 0.29) is 11.8 Å². The summed E-state index contributed by atoms with van der Waals surface area (Å²) in [6.07, 6.45) is 0. The second-order valence-corrected chi connectivity index (χ2v) is 5.54. The fourth-order valence-electron chi connectivity index (χ4n) is 1.92. The molecule has 0 radical (unpaired) electrons. The summed E-state index contributed by atoms with van der Waals surface area (Å²) in [6, 6.07) is 14.2. The van der Waals surface area contributed by atoms with E-state index >= 15 is 0 Å². The van der Waals surface area contributed by atoms with Crippen molar-refractivity contribution in [2.75, 3.05) is 0 Å². The normalized spacial score (nSPS) is 10.5. The van der Waals surface area contributed by atoms with Gasteiger partial charge in [-0.15, -0.1) is 10.2 Å². The Kier molecular flexibility index (Phi) is 4.60. The van der Waals surface area contributed by atoms with Gasteiger partial charge in [0.2, 0.25) is 5.89 Å². The van der Waals surface area contributed by atoms with Gasteiger partial charge in [-0.05, 0) is 29.8 Å². The van der Waals surface area contributed by atoms with Crippen LogP contribution in [-0.4, -0.2) is 16.1 Å². The van der Waals surface area contributed by atoms with E-state index in [9.17, 15) is 4.79 Å². The Hall–Kier alpha value is -2.37. The molecule has 5 nitrogen and oxygen atoms in total. The van der Waals surface area contributed by atoms with Gasteiger partial charge in [0.05, 0.1) is 10.6 Å². The minimum Gasteiger partial charge on any atom is -0.412 e. The molecule has 23 heavy (non-hydrogen) atoms. The summed E-state index contributed by atoms with van der Waals surface area (Å²) in [5, 5.41) is 11.4. The van der Waals surface area contributed by atoms with Crippen LogP contribution in [0.4, 0.5) is 0 Å². The summed E-state index contributed by atoms with van der Waals surface area (Å²) in [4.78, 5) is 12.0. The Balaban J connectivity index is 1.69. The van der Waals surface area contributed by atoms with Crippen molar-refractivity contribution in [1.82, 2.24) is 15.5 Å². The van der Waals surface area contributed by atoms with Gasteiger partial charge in [0.25, 0.3) is 0 Å². The number of nitrogens with zero attached hydrogens (tertiary/aromatic N) is 2. The third-order valence-electron chi connectivity index (χ3n) is 3.09. The minimum atomic E-state index is -0.453. The molecule has 0 atom stereocenters. The smallest absolute Gasteiger partial charge is 0.309 e. The number of amides is 1. The van der Waals surface area contributed by atoms with Crippen LogP contribution in [0, 0.1) is 0 Å². The molecule has 1 N–H and O–H groups in total. The Morgan fingerprint density at radius 2 is 1.78 bits per heavy atom. The average molecular weight is 348 g/mol. The Labute approximate surface area is 142 Å². The monoisotopic (exact) mass is 347 g/mol. The molecule has 0 saturated heterocycles. The number of aromatic nitrogens is 2. The molecular weight excluding hydrogens is 337 g/mol. The van der Waals surface area contributed by atoms with Crippen molar-refractivity contribution in [2.45, 2.75) is 6.54 Å². The molecule has 1 aromatic heterocycles. The van der Waals surface area contributed by atoms with Gasteiger partial charge in [0.1, 0.15) is 0 Å². The second kappa shape index (κ2) is 6.81. The van der Waals surface area contributed by atoms with Gasteiger partial charge in [-0.2, -0.15) is 0 Å². The van der Waals surface area contributed by atoms with Gasteiger partial charge < -0.3 is 9.73 Å². The quantitative estimate of drug-likeness (QED) is 0.775. The van der Waals surface area contributed by atoms with Crippen LogP contribution in [0.15, 0.2) is 52.9 Å². The molecule has 0 spiro atoms. The number of rotatable bonds is 4. The SMILES string of the molecule is O=C(NCc1ccc(Cl)cc1)c1nnc(-c2ccccc2Cl)o1. The van der Waals surface area contributed by atoms with Crippen molar-refractivity contribution in [1.29, 1.82) is 0 Å². The topological polar surface area (TPSA) is 68.0 Å². The standard InChI is InChI=1S/C16H11Cl2N3O2/c17-11-7-5-10(6-8-11)9-19-14(22)16-21-20-15(23-16)12-3-1-2-4-13(12)18/h1-8H,9H2,(H,19,22). The molecule has 0 aliphatic heterocycles. The van der Waals surface area contributed by atoms with Crippen LogP contribution in [-0.2, 0) is 6.54 Å². The van der Waals surface area contributed by atoms with Crippen LogP contribution in [0.1, 0.15) is 16.2 Å². The van der Waals surface area contributed by atoms with Crippen molar-refractivity contribution in [2.24, 2.45) is 0 Å². The maximum atomic E-state index is 12.0. The van der Waals surface area contributed by atoms with Gasteiger partial charge in [-0.1, -0.05) is 47.5 Å². The zero-order valence-corrected chi connectivity index (χ0v) is 13.3. The zero-order chi connectivity index (χ0) is 16.2. The van der Waals surface area contributed by atoms with E-state index in [0.29, 0.717) is 22.2 Å². The van der Waals surface area contributed by atoms with Crippen LogP contribution in [0.3, 0.4) is 0 Å². The number of halogens is 2. The first-order valence-corrected chi connectivity index (χ1v) is 7.50. The van der Waals surface area contributed by atoms with Gasteiger partial charge in [-0.3, -0.25) is 4.79 Å². The molecule has 0 unspecified atom stereocenters. The van der Waals surface area contributed by atoms with E-state index in [4.69, 9.17) is 27.6 Å². The number of nitrogens with one attached hydrogen (secondary N) is 1. The van der Waals surface area contributed by atoms with Gasteiger partial charge in [0, 0.05) is 11.6 Å². The molecule has 0 aliphatic rings. The summed E-state index contributed by atoms with van der Waals surface area (Å²) in [6.45, 7) is 0.333. The fraction of sp³-hybridized carbons (Fsp3) is 0.0625. The summed E-state index contributed by atoms with van der Waals surface area (Å²) < 4.78 is 5.38. The predicted molar refractivity (Wildman–Crippen MR) is 87.4 cm³/mol. The lowest BCUT2D eigenvalue weighted by molar-refractivity contribution is 0.0917. The zero-order valence-electron chi connectivity index (χ0n) is 11.8. The highest BCUT2D eigenvalue weighted by molar-refractivity contribution is 6.33. The van der Waals surface area contributed by atoms with Crippen LogP contribution in [0.5, 0.6) is 0 Å². The Morgan fingerprint density at radius 1 is 1.04 bits per heavy atom. The molecule has 7 heteroatoms. The molecule has 2 aromatic carbocycles. The maximum Gasteiger partial charge on any atom is 0.309 e. The summed E-state index contributed by atoms with van der Waals surface area (Å²) in [5.74, 6) is -0.369. The summed E-state index contributed by atoms with van der Waals surface area (Å²) in [5.41, 5.74) is 1.49. The van der Waals surface area contributed by atoms with Crippen molar-refractivity contribution in [3.63, 3.8) is 0 Å². The summed E-state index contributed by atoms with van der Waals surface area (Å²) >= 11 is 11.9. The van der Waals surface area contributed by atoms with Crippen LogP contribution in [0.2, 0.25) is 10.0 Å². The lowest BCUT2D eigenvalue weighted by Crippen LogP contribution is -2.23. The fourth-order valence-corrected chi connectivity index (χ4v) is 2.26. The van der Waals surface area contributed by atoms with Gasteiger partial charge in [-0.25, -0.2) is 0 Å². The molecule has 1 heterocycles. The van der Waals surface area contributed by atoms with E-state index in [2.05, 4.69) is 15.5 Å². The van der Waals surface area contributed by atoms with Gasteiger partial charge in [0.15, 0.2) is 0 Å². The number of carbonyl (C=O) groups excluding carboxylic acids is 1. The van der Waals surface area contributed by atoms with E-state index in [1.165, 1.54) is 0 Å². The molecule has 0 aliphatic carbocycles. The van der Waals surface area contributed by atoms with Crippen molar-refractivity contribution >= 4 is 29.1 Å². The van der Waals surface area contributed by atoms with Crippen molar-refractivity contribution in [3.05, 3.63) is 70.0 Å². The maximum absolute atomic E-state index is 12.0. The van der Waals surface area contributed by atoms with Gasteiger partial charge >= 0.3 is 11.8 Å².